The maximum absolute atomic E-state index is 11.6. The van der Waals surface area contributed by atoms with Gasteiger partial charge in [-0.15, -0.1) is 0 Å². The molecule has 5 nitrogen and oxygen atoms in total. The molecule has 0 aromatic heterocycles. The van der Waals surface area contributed by atoms with E-state index in [1.54, 1.807) is 0 Å². The third kappa shape index (κ3) is 5.40. The van der Waals surface area contributed by atoms with Crippen molar-refractivity contribution in [2.24, 2.45) is 5.73 Å². The van der Waals surface area contributed by atoms with Crippen molar-refractivity contribution in [2.45, 2.75) is 25.4 Å². The van der Waals surface area contributed by atoms with Crippen LogP contribution in [0.2, 0.25) is 0 Å². The van der Waals surface area contributed by atoms with Gasteiger partial charge in [-0.1, -0.05) is 35.0 Å². The number of rotatable bonds is 6. The minimum absolute atomic E-state index is 0.0545. The average Bonchev–Trinajstić information content (AvgIpc) is 2.36. The Labute approximate surface area is 120 Å². The molecule has 0 aliphatic heterocycles. The summed E-state index contributed by atoms with van der Waals surface area (Å²) in [5.41, 5.74) is 5.93. The van der Waals surface area contributed by atoms with Gasteiger partial charge < -0.3 is 16.2 Å². The molecule has 1 rings (SSSR count). The number of hydrogen-bond acceptors (Lipinski definition) is 3. The molecule has 4 N–H and O–H groups in total. The van der Waals surface area contributed by atoms with Crippen molar-refractivity contribution in [1.82, 2.24) is 5.32 Å². The smallest absolute Gasteiger partial charge is 0.248 e. The highest BCUT2D eigenvalue weighted by atomic mass is 79.9. The van der Waals surface area contributed by atoms with Crippen molar-refractivity contribution >= 4 is 27.7 Å². The summed E-state index contributed by atoms with van der Waals surface area (Å²) in [6, 6.07) is 7.72. The molecule has 0 heterocycles. The van der Waals surface area contributed by atoms with E-state index in [1.165, 1.54) is 0 Å². The van der Waals surface area contributed by atoms with E-state index in [0.717, 1.165) is 10.0 Å². The van der Waals surface area contributed by atoms with Crippen LogP contribution < -0.4 is 11.1 Å². The number of amides is 2. The van der Waals surface area contributed by atoms with E-state index in [-0.39, 0.29) is 24.8 Å². The van der Waals surface area contributed by atoms with Gasteiger partial charge in [-0.25, -0.2) is 0 Å². The van der Waals surface area contributed by atoms with E-state index in [0.29, 0.717) is 0 Å². The van der Waals surface area contributed by atoms with Gasteiger partial charge in [-0.2, -0.15) is 0 Å². The first kappa shape index (κ1) is 15.7. The standard InChI is InChI=1S/C13H17BrN2O3/c1-8(9-2-4-10(14)5-3-9)6-12(18)16-7-11(17)13(15)19/h2-5,8,11,17H,6-7H2,1H3,(H2,15,19)(H,16,18). The van der Waals surface area contributed by atoms with E-state index in [4.69, 9.17) is 10.8 Å². The lowest BCUT2D eigenvalue weighted by atomic mass is 9.97. The molecular weight excluding hydrogens is 312 g/mol. The molecule has 0 aliphatic rings. The first-order chi connectivity index (χ1) is 8.90. The topological polar surface area (TPSA) is 92.4 Å². The molecule has 2 amide bonds. The van der Waals surface area contributed by atoms with Gasteiger partial charge >= 0.3 is 0 Å². The van der Waals surface area contributed by atoms with Crippen LogP contribution in [-0.4, -0.2) is 29.6 Å². The highest BCUT2D eigenvalue weighted by Gasteiger charge is 2.14. The molecule has 1 aromatic carbocycles. The molecule has 2 atom stereocenters. The van der Waals surface area contributed by atoms with Crippen LogP contribution in [0.4, 0.5) is 0 Å². The third-order valence-electron chi connectivity index (χ3n) is 2.75. The van der Waals surface area contributed by atoms with Crippen molar-refractivity contribution in [3.63, 3.8) is 0 Å². The molecule has 0 saturated heterocycles. The number of hydrogen-bond donors (Lipinski definition) is 3. The van der Waals surface area contributed by atoms with Crippen LogP contribution in [0.15, 0.2) is 28.7 Å². The van der Waals surface area contributed by atoms with E-state index in [9.17, 15) is 9.59 Å². The number of aliphatic hydroxyl groups is 1. The fraction of sp³-hybridized carbons (Fsp3) is 0.385. The Morgan fingerprint density at radius 2 is 1.95 bits per heavy atom. The fourth-order valence-electron chi connectivity index (χ4n) is 1.57. The van der Waals surface area contributed by atoms with E-state index in [1.807, 2.05) is 31.2 Å². The average molecular weight is 329 g/mol. The lowest BCUT2D eigenvalue weighted by molar-refractivity contribution is -0.127. The van der Waals surface area contributed by atoms with Crippen LogP contribution in [0.25, 0.3) is 0 Å². The SMILES string of the molecule is CC(CC(=O)NCC(O)C(N)=O)c1ccc(Br)cc1. The summed E-state index contributed by atoms with van der Waals surface area (Å²) in [5.74, 6) is -1.02. The van der Waals surface area contributed by atoms with Crippen LogP contribution in [0.5, 0.6) is 0 Å². The summed E-state index contributed by atoms with van der Waals surface area (Å²) in [4.78, 5) is 22.2. The first-order valence-corrected chi connectivity index (χ1v) is 6.69. The molecule has 0 saturated carbocycles. The Balaban J connectivity index is 2.44. The number of nitrogens with one attached hydrogen (secondary N) is 1. The van der Waals surface area contributed by atoms with Crippen LogP contribution in [0, 0.1) is 0 Å². The van der Waals surface area contributed by atoms with Gasteiger partial charge in [0.15, 0.2) is 0 Å². The fourth-order valence-corrected chi connectivity index (χ4v) is 1.83. The van der Waals surface area contributed by atoms with Crippen LogP contribution in [0.3, 0.4) is 0 Å². The molecule has 0 aliphatic carbocycles. The summed E-state index contributed by atoms with van der Waals surface area (Å²) in [7, 11) is 0. The van der Waals surface area contributed by atoms with Gasteiger partial charge in [-0.05, 0) is 23.6 Å². The Bertz CT molecular complexity index is 448. The summed E-state index contributed by atoms with van der Waals surface area (Å²) in [5, 5.41) is 11.6. The predicted molar refractivity (Wildman–Crippen MR) is 75.4 cm³/mol. The highest BCUT2D eigenvalue weighted by Crippen LogP contribution is 2.21. The second kappa shape index (κ2) is 7.25. The van der Waals surface area contributed by atoms with Crippen LogP contribution >= 0.6 is 15.9 Å². The summed E-state index contributed by atoms with van der Waals surface area (Å²) < 4.78 is 0.984. The monoisotopic (exact) mass is 328 g/mol. The zero-order valence-electron chi connectivity index (χ0n) is 10.6. The number of primary amides is 1. The number of carbonyl (C=O) groups excluding carboxylic acids is 2. The van der Waals surface area contributed by atoms with Crippen molar-refractivity contribution < 1.29 is 14.7 Å². The van der Waals surface area contributed by atoms with Gasteiger partial charge in [0.05, 0.1) is 6.54 Å². The summed E-state index contributed by atoms with van der Waals surface area (Å²) >= 11 is 3.35. The van der Waals surface area contributed by atoms with Crippen molar-refractivity contribution in [3.8, 4) is 0 Å². The molecule has 104 valence electrons. The molecule has 1 aromatic rings. The highest BCUT2D eigenvalue weighted by molar-refractivity contribution is 9.10. The number of benzene rings is 1. The molecule has 0 fully saturated rings. The van der Waals surface area contributed by atoms with Gasteiger partial charge in [0, 0.05) is 10.9 Å². The largest absolute Gasteiger partial charge is 0.381 e. The molecule has 6 heteroatoms. The molecule has 0 spiro atoms. The second-order valence-corrected chi connectivity index (χ2v) is 5.29. The molecule has 0 radical (unpaired) electrons. The number of aliphatic hydroxyl groups excluding tert-OH is 1. The summed E-state index contributed by atoms with van der Waals surface area (Å²) in [6.07, 6.45) is -1.06. The Kier molecular flexibility index (Phi) is 5.98. The van der Waals surface area contributed by atoms with E-state index >= 15 is 0 Å². The minimum atomic E-state index is -1.34. The Hall–Kier alpha value is -1.40. The normalized spacial score (nSPS) is 13.6. The van der Waals surface area contributed by atoms with Gasteiger partial charge in [0.1, 0.15) is 6.10 Å². The minimum Gasteiger partial charge on any atom is -0.381 e. The Morgan fingerprint density at radius 1 is 1.37 bits per heavy atom. The lowest BCUT2D eigenvalue weighted by Crippen LogP contribution is -2.40. The van der Waals surface area contributed by atoms with Crippen molar-refractivity contribution in [1.29, 1.82) is 0 Å². The molecule has 0 bridgehead atoms. The van der Waals surface area contributed by atoms with E-state index < -0.39 is 12.0 Å². The number of nitrogens with two attached hydrogens (primary N) is 1. The quantitative estimate of drug-likeness (QED) is 0.724. The maximum Gasteiger partial charge on any atom is 0.248 e. The molecular formula is C13H17BrN2O3. The molecule has 2 unspecified atom stereocenters. The van der Waals surface area contributed by atoms with Crippen molar-refractivity contribution in [3.05, 3.63) is 34.3 Å². The summed E-state index contributed by atoms with van der Waals surface area (Å²) in [6.45, 7) is 1.79. The molecule has 19 heavy (non-hydrogen) atoms. The third-order valence-corrected chi connectivity index (χ3v) is 3.28. The Morgan fingerprint density at radius 3 is 2.47 bits per heavy atom. The number of halogens is 1. The van der Waals surface area contributed by atoms with Gasteiger partial charge in [0.25, 0.3) is 0 Å². The second-order valence-electron chi connectivity index (χ2n) is 4.38. The zero-order chi connectivity index (χ0) is 14.4. The van der Waals surface area contributed by atoms with Crippen LogP contribution in [0.1, 0.15) is 24.8 Å². The van der Waals surface area contributed by atoms with Gasteiger partial charge in [0.2, 0.25) is 11.8 Å². The predicted octanol–water partition coefficient (Wildman–Crippen LogP) is 0.905. The maximum atomic E-state index is 11.6. The van der Waals surface area contributed by atoms with E-state index in [2.05, 4.69) is 21.2 Å². The number of carbonyl (C=O) groups is 2. The van der Waals surface area contributed by atoms with Gasteiger partial charge in [-0.3, -0.25) is 9.59 Å². The van der Waals surface area contributed by atoms with Crippen molar-refractivity contribution in [2.75, 3.05) is 6.54 Å². The lowest BCUT2D eigenvalue weighted by Gasteiger charge is -2.13. The zero-order valence-corrected chi connectivity index (χ0v) is 12.2. The van der Waals surface area contributed by atoms with Crippen LogP contribution in [-0.2, 0) is 9.59 Å². The first-order valence-electron chi connectivity index (χ1n) is 5.89.